The van der Waals surface area contributed by atoms with Crippen LogP contribution in [0.5, 0.6) is 0 Å². The maximum atomic E-state index is 12.0. The fourth-order valence-electron chi connectivity index (χ4n) is 1.53. The highest BCUT2D eigenvalue weighted by Crippen LogP contribution is 2.11. The Hall–Kier alpha value is -0.910. The molecule has 0 fully saturated rings. The molecule has 0 heterocycles. The number of hydrogen-bond donors (Lipinski definition) is 2. The van der Waals surface area contributed by atoms with Crippen molar-refractivity contribution in [3.05, 3.63) is 29.8 Å². The molecule has 0 saturated heterocycles. The third kappa shape index (κ3) is 4.46. The number of aryl methyl sites for hydroxylation is 1. The van der Waals surface area contributed by atoms with Crippen molar-refractivity contribution in [1.29, 1.82) is 0 Å². The molecule has 0 aromatic heterocycles. The lowest BCUT2D eigenvalue weighted by atomic mass is 10.2. The van der Waals surface area contributed by atoms with E-state index in [-0.39, 0.29) is 6.04 Å². The fraction of sp³-hybridized carbons (Fsp3) is 0.500. The first-order valence-electron chi connectivity index (χ1n) is 5.75. The molecule has 1 atom stereocenters. The van der Waals surface area contributed by atoms with E-state index in [1.807, 2.05) is 13.8 Å². The Morgan fingerprint density at radius 3 is 2.41 bits per heavy atom. The second-order valence-electron chi connectivity index (χ2n) is 4.27. The monoisotopic (exact) mass is 256 g/mol. The Bertz CT molecular complexity index is 440. The van der Waals surface area contributed by atoms with Crippen LogP contribution < -0.4 is 10.5 Å². The van der Waals surface area contributed by atoms with Gasteiger partial charge in [0.2, 0.25) is 10.0 Å². The second kappa shape index (κ2) is 6.14. The first-order chi connectivity index (χ1) is 7.95. The predicted molar refractivity (Wildman–Crippen MR) is 69.3 cm³/mol. The largest absolute Gasteiger partial charge is 0.330 e. The van der Waals surface area contributed by atoms with Gasteiger partial charge in [0.1, 0.15) is 0 Å². The molecule has 1 rings (SSSR count). The molecule has 0 spiro atoms. The van der Waals surface area contributed by atoms with E-state index in [0.717, 1.165) is 18.4 Å². The van der Waals surface area contributed by atoms with E-state index in [0.29, 0.717) is 11.4 Å². The number of rotatable bonds is 6. The molecular formula is C12H20N2O2S. The van der Waals surface area contributed by atoms with Gasteiger partial charge in [-0.25, -0.2) is 13.1 Å². The molecular weight excluding hydrogens is 236 g/mol. The van der Waals surface area contributed by atoms with E-state index in [9.17, 15) is 8.42 Å². The van der Waals surface area contributed by atoms with Gasteiger partial charge in [-0.1, -0.05) is 17.7 Å². The van der Waals surface area contributed by atoms with Crippen LogP contribution in [-0.4, -0.2) is 21.0 Å². The summed E-state index contributed by atoms with van der Waals surface area (Å²) < 4.78 is 26.6. The van der Waals surface area contributed by atoms with E-state index in [2.05, 4.69) is 4.72 Å². The van der Waals surface area contributed by atoms with Crippen LogP contribution in [-0.2, 0) is 10.0 Å². The Morgan fingerprint density at radius 2 is 1.88 bits per heavy atom. The molecule has 1 aromatic carbocycles. The van der Waals surface area contributed by atoms with Gasteiger partial charge in [-0.3, -0.25) is 0 Å². The molecule has 3 N–H and O–H groups in total. The van der Waals surface area contributed by atoms with Gasteiger partial charge in [0.15, 0.2) is 0 Å². The minimum atomic E-state index is -3.40. The summed E-state index contributed by atoms with van der Waals surface area (Å²) >= 11 is 0. The second-order valence-corrected chi connectivity index (χ2v) is 5.98. The highest BCUT2D eigenvalue weighted by atomic mass is 32.2. The number of nitrogens with one attached hydrogen (secondary N) is 1. The average molecular weight is 256 g/mol. The summed E-state index contributed by atoms with van der Waals surface area (Å²) in [6, 6.07) is 6.73. The molecule has 4 nitrogen and oxygen atoms in total. The summed E-state index contributed by atoms with van der Waals surface area (Å²) in [6.45, 7) is 4.35. The van der Waals surface area contributed by atoms with Gasteiger partial charge >= 0.3 is 0 Å². The van der Waals surface area contributed by atoms with E-state index in [1.54, 1.807) is 24.3 Å². The zero-order chi connectivity index (χ0) is 12.9. The van der Waals surface area contributed by atoms with Crippen molar-refractivity contribution in [3.63, 3.8) is 0 Å². The van der Waals surface area contributed by atoms with Gasteiger partial charge in [0, 0.05) is 6.04 Å². The Labute approximate surface area is 103 Å². The normalized spacial score (nSPS) is 13.6. The summed E-state index contributed by atoms with van der Waals surface area (Å²) in [5, 5.41) is 0. The van der Waals surface area contributed by atoms with Crippen molar-refractivity contribution in [2.24, 2.45) is 5.73 Å². The number of nitrogens with two attached hydrogens (primary N) is 1. The summed E-state index contributed by atoms with van der Waals surface area (Å²) in [6.07, 6.45) is 1.57. The smallest absolute Gasteiger partial charge is 0.240 e. The number of hydrogen-bond acceptors (Lipinski definition) is 3. The molecule has 96 valence electrons. The van der Waals surface area contributed by atoms with Crippen LogP contribution in [0.2, 0.25) is 0 Å². The molecule has 0 amide bonds. The lowest BCUT2D eigenvalue weighted by Gasteiger charge is -2.13. The van der Waals surface area contributed by atoms with Gasteiger partial charge < -0.3 is 5.73 Å². The summed E-state index contributed by atoms with van der Waals surface area (Å²) in [7, 11) is -3.40. The van der Waals surface area contributed by atoms with Crippen LogP contribution in [0.1, 0.15) is 25.3 Å². The van der Waals surface area contributed by atoms with Crippen LogP contribution in [0, 0.1) is 6.92 Å². The molecule has 0 bridgehead atoms. The predicted octanol–water partition coefficient (Wildman–Crippen LogP) is 1.40. The fourth-order valence-corrected chi connectivity index (χ4v) is 2.81. The SMILES string of the molecule is Cc1ccc(S(=O)(=O)NC(C)CCCN)cc1. The van der Waals surface area contributed by atoms with E-state index in [1.165, 1.54) is 0 Å². The Morgan fingerprint density at radius 1 is 1.29 bits per heavy atom. The summed E-state index contributed by atoms with van der Waals surface area (Å²) in [5.41, 5.74) is 6.43. The zero-order valence-electron chi connectivity index (χ0n) is 10.3. The highest BCUT2D eigenvalue weighted by molar-refractivity contribution is 7.89. The molecule has 17 heavy (non-hydrogen) atoms. The maximum absolute atomic E-state index is 12.0. The lowest BCUT2D eigenvalue weighted by molar-refractivity contribution is 0.539. The van der Waals surface area contributed by atoms with Gasteiger partial charge in [-0.05, 0) is 45.4 Å². The minimum Gasteiger partial charge on any atom is -0.330 e. The third-order valence-corrected chi connectivity index (χ3v) is 4.13. The van der Waals surface area contributed by atoms with Crippen LogP contribution in [0.25, 0.3) is 0 Å². The molecule has 1 aromatic rings. The number of benzene rings is 1. The van der Waals surface area contributed by atoms with Crippen LogP contribution in [0.3, 0.4) is 0 Å². The number of sulfonamides is 1. The average Bonchev–Trinajstić information content (AvgIpc) is 2.26. The van der Waals surface area contributed by atoms with Crippen molar-refractivity contribution in [2.75, 3.05) is 6.54 Å². The molecule has 0 aliphatic rings. The Kier molecular flexibility index (Phi) is 5.11. The van der Waals surface area contributed by atoms with Gasteiger partial charge in [0.05, 0.1) is 4.90 Å². The molecule has 1 unspecified atom stereocenters. The maximum Gasteiger partial charge on any atom is 0.240 e. The van der Waals surface area contributed by atoms with Crippen molar-refractivity contribution in [1.82, 2.24) is 4.72 Å². The van der Waals surface area contributed by atoms with Crippen molar-refractivity contribution < 1.29 is 8.42 Å². The van der Waals surface area contributed by atoms with Gasteiger partial charge in [-0.15, -0.1) is 0 Å². The molecule has 0 aliphatic heterocycles. The third-order valence-electron chi connectivity index (χ3n) is 2.53. The summed E-state index contributed by atoms with van der Waals surface area (Å²) in [5.74, 6) is 0. The van der Waals surface area contributed by atoms with E-state index >= 15 is 0 Å². The molecule has 0 aliphatic carbocycles. The molecule has 5 heteroatoms. The van der Waals surface area contributed by atoms with Crippen LogP contribution in [0.15, 0.2) is 29.2 Å². The Balaban J connectivity index is 2.71. The molecule has 0 saturated carbocycles. The van der Waals surface area contributed by atoms with E-state index in [4.69, 9.17) is 5.73 Å². The first kappa shape index (κ1) is 14.2. The van der Waals surface area contributed by atoms with Gasteiger partial charge in [-0.2, -0.15) is 0 Å². The van der Waals surface area contributed by atoms with Crippen LogP contribution >= 0.6 is 0 Å². The quantitative estimate of drug-likeness (QED) is 0.808. The summed E-state index contributed by atoms with van der Waals surface area (Å²) in [4.78, 5) is 0.308. The molecule has 0 radical (unpaired) electrons. The van der Waals surface area contributed by atoms with E-state index < -0.39 is 10.0 Å². The lowest BCUT2D eigenvalue weighted by Crippen LogP contribution is -2.32. The minimum absolute atomic E-state index is 0.0927. The van der Waals surface area contributed by atoms with Crippen molar-refractivity contribution >= 4 is 10.0 Å². The topological polar surface area (TPSA) is 72.2 Å². The highest BCUT2D eigenvalue weighted by Gasteiger charge is 2.16. The standard InChI is InChI=1S/C12H20N2O2S/c1-10-5-7-12(8-6-10)17(15,16)14-11(2)4-3-9-13/h5-8,11,14H,3-4,9,13H2,1-2H3. The van der Waals surface area contributed by atoms with Crippen LogP contribution in [0.4, 0.5) is 0 Å². The van der Waals surface area contributed by atoms with Gasteiger partial charge in [0.25, 0.3) is 0 Å². The zero-order valence-corrected chi connectivity index (χ0v) is 11.1. The van der Waals surface area contributed by atoms with Crippen molar-refractivity contribution in [2.45, 2.75) is 37.6 Å². The first-order valence-corrected chi connectivity index (χ1v) is 7.23. The van der Waals surface area contributed by atoms with Crippen molar-refractivity contribution in [3.8, 4) is 0 Å².